The number of amides is 2. The molecular formula is C22H36N2O5. The number of allylic oxidation sites excluding steroid dienone is 1. The van der Waals surface area contributed by atoms with Crippen molar-refractivity contribution >= 4 is 17.8 Å². The van der Waals surface area contributed by atoms with Crippen molar-refractivity contribution in [1.29, 1.82) is 0 Å². The Bertz CT molecular complexity index is 606. The molecule has 0 saturated carbocycles. The molecule has 0 aromatic carbocycles. The smallest absolute Gasteiger partial charge is 0.310 e. The number of rotatable bonds is 11. The normalized spacial score (nSPS) is 28.3. The standard InChI is InChI=1S/C22H36N2O5/c1-4-7-12-23-20(26)19-16-11-10-15(9-5-2)17(22(28)29-6-3)18(16)21(27)24(19)13-8-14-25/h10-11,15-19,25H,4-9,12-14H2,1-3H3,(H,23,26)/t15-,16+,17-,18-,19+/m1/s1. The van der Waals surface area contributed by atoms with E-state index in [0.717, 1.165) is 25.7 Å². The highest BCUT2D eigenvalue weighted by Gasteiger charge is 2.57. The Balaban J connectivity index is 2.36. The molecule has 29 heavy (non-hydrogen) atoms. The maximum Gasteiger partial charge on any atom is 0.310 e. The third-order valence-electron chi connectivity index (χ3n) is 5.95. The van der Waals surface area contributed by atoms with E-state index in [4.69, 9.17) is 4.74 Å². The molecule has 0 unspecified atom stereocenters. The van der Waals surface area contributed by atoms with Gasteiger partial charge in [-0.25, -0.2) is 0 Å². The molecule has 0 spiro atoms. The highest BCUT2D eigenvalue weighted by Crippen LogP contribution is 2.45. The number of fused-ring (bicyclic) bond motifs is 1. The predicted octanol–water partition coefficient (Wildman–Crippen LogP) is 1.89. The number of ether oxygens (including phenoxy) is 1. The van der Waals surface area contributed by atoms with E-state index in [2.05, 4.69) is 19.2 Å². The molecule has 0 aromatic heterocycles. The van der Waals surface area contributed by atoms with Crippen molar-refractivity contribution in [1.82, 2.24) is 10.2 Å². The molecule has 7 heteroatoms. The molecule has 1 heterocycles. The molecule has 2 aliphatic rings. The fourth-order valence-corrected chi connectivity index (χ4v) is 4.64. The van der Waals surface area contributed by atoms with Crippen molar-refractivity contribution in [3.05, 3.63) is 12.2 Å². The number of hydrogen-bond acceptors (Lipinski definition) is 5. The van der Waals surface area contributed by atoms with Crippen LogP contribution in [0.1, 0.15) is 52.9 Å². The molecule has 1 aliphatic carbocycles. The lowest BCUT2D eigenvalue weighted by atomic mass is 9.69. The maximum atomic E-state index is 13.4. The molecule has 0 bridgehead atoms. The summed E-state index contributed by atoms with van der Waals surface area (Å²) in [6, 6.07) is -0.647. The van der Waals surface area contributed by atoms with Gasteiger partial charge in [-0.15, -0.1) is 0 Å². The first-order valence-corrected chi connectivity index (χ1v) is 11.1. The molecule has 2 N–H and O–H groups in total. The van der Waals surface area contributed by atoms with Gasteiger partial charge >= 0.3 is 5.97 Å². The second kappa shape index (κ2) is 11.3. The van der Waals surface area contributed by atoms with Crippen LogP contribution in [0, 0.1) is 23.7 Å². The van der Waals surface area contributed by atoms with Gasteiger partial charge < -0.3 is 20.1 Å². The van der Waals surface area contributed by atoms with E-state index in [9.17, 15) is 19.5 Å². The van der Waals surface area contributed by atoms with Crippen LogP contribution < -0.4 is 5.32 Å². The average molecular weight is 409 g/mol. The second-order valence-corrected chi connectivity index (χ2v) is 7.92. The van der Waals surface area contributed by atoms with Crippen LogP contribution >= 0.6 is 0 Å². The lowest BCUT2D eigenvalue weighted by Crippen LogP contribution is -2.48. The Morgan fingerprint density at radius 1 is 1.17 bits per heavy atom. The summed E-state index contributed by atoms with van der Waals surface area (Å²) in [7, 11) is 0. The van der Waals surface area contributed by atoms with Gasteiger partial charge in [-0.3, -0.25) is 14.4 Å². The maximum absolute atomic E-state index is 13.4. The summed E-state index contributed by atoms with van der Waals surface area (Å²) >= 11 is 0. The number of carbonyl (C=O) groups is 3. The topological polar surface area (TPSA) is 95.9 Å². The Morgan fingerprint density at radius 3 is 2.55 bits per heavy atom. The van der Waals surface area contributed by atoms with Crippen LogP contribution in [0.2, 0.25) is 0 Å². The highest BCUT2D eigenvalue weighted by molar-refractivity contribution is 5.96. The number of aliphatic hydroxyl groups is 1. The lowest BCUT2D eigenvalue weighted by molar-refractivity contribution is -0.155. The van der Waals surface area contributed by atoms with Gasteiger partial charge in [0.1, 0.15) is 6.04 Å². The minimum Gasteiger partial charge on any atom is -0.466 e. The SMILES string of the molecule is CCCCNC(=O)[C@@H]1[C@H]2C=C[C@@H](CCC)[C@@H](C(=O)OCC)[C@@H]2C(=O)N1CCCO. The first kappa shape index (κ1) is 23.4. The van der Waals surface area contributed by atoms with Crippen LogP contribution in [-0.4, -0.2) is 60.1 Å². The summed E-state index contributed by atoms with van der Waals surface area (Å²) in [6.07, 6.45) is 7.88. The Labute approximate surface area is 173 Å². The molecule has 0 aromatic rings. The molecular weight excluding hydrogens is 372 g/mol. The third-order valence-corrected chi connectivity index (χ3v) is 5.95. The fourth-order valence-electron chi connectivity index (χ4n) is 4.64. The average Bonchev–Trinajstić information content (AvgIpc) is 2.98. The summed E-state index contributed by atoms with van der Waals surface area (Å²) in [5.74, 6) is -2.29. The van der Waals surface area contributed by atoms with E-state index >= 15 is 0 Å². The second-order valence-electron chi connectivity index (χ2n) is 7.92. The van der Waals surface area contributed by atoms with Gasteiger partial charge in [-0.1, -0.05) is 38.8 Å². The van der Waals surface area contributed by atoms with E-state index in [0.29, 0.717) is 19.5 Å². The van der Waals surface area contributed by atoms with Crippen LogP contribution in [0.3, 0.4) is 0 Å². The van der Waals surface area contributed by atoms with Gasteiger partial charge in [0.25, 0.3) is 0 Å². The number of esters is 1. The van der Waals surface area contributed by atoms with Crippen molar-refractivity contribution < 1.29 is 24.2 Å². The number of nitrogens with zero attached hydrogens (tertiary/aromatic N) is 1. The zero-order valence-corrected chi connectivity index (χ0v) is 17.9. The van der Waals surface area contributed by atoms with Crippen LogP contribution in [0.25, 0.3) is 0 Å². The van der Waals surface area contributed by atoms with E-state index in [1.807, 2.05) is 12.2 Å². The molecule has 7 nitrogen and oxygen atoms in total. The number of carbonyl (C=O) groups excluding carboxylic acids is 3. The van der Waals surface area contributed by atoms with Gasteiger partial charge in [-0.05, 0) is 32.1 Å². The van der Waals surface area contributed by atoms with Gasteiger partial charge in [0.15, 0.2) is 0 Å². The minimum atomic E-state index is -0.647. The van der Waals surface area contributed by atoms with Gasteiger partial charge in [-0.2, -0.15) is 0 Å². The van der Waals surface area contributed by atoms with Crippen molar-refractivity contribution in [2.45, 2.75) is 58.9 Å². The number of aliphatic hydroxyl groups excluding tert-OH is 1. The molecule has 2 rings (SSSR count). The van der Waals surface area contributed by atoms with Crippen LogP contribution in [0.5, 0.6) is 0 Å². The van der Waals surface area contributed by atoms with Gasteiger partial charge in [0.05, 0.1) is 18.4 Å². The number of hydrogen-bond donors (Lipinski definition) is 2. The number of likely N-dealkylation sites (tertiary alicyclic amines) is 1. The van der Waals surface area contributed by atoms with E-state index in [1.165, 1.54) is 0 Å². The Kier molecular flexibility index (Phi) is 9.14. The highest BCUT2D eigenvalue weighted by atomic mass is 16.5. The Hall–Kier alpha value is -1.89. The Morgan fingerprint density at radius 2 is 1.93 bits per heavy atom. The van der Waals surface area contributed by atoms with Crippen LogP contribution in [0.4, 0.5) is 0 Å². The van der Waals surface area contributed by atoms with Crippen molar-refractivity contribution in [3.63, 3.8) is 0 Å². The van der Waals surface area contributed by atoms with E-state index in [-0.39, 0.29) is 42.8 Å². The number of unbranched alkanes of at least 4 members (excludes halogenated alkanes) is 1. The zero-order chi connectivity index (χ0) is 21.4. The molecule has 1 aliphatic heterocycles. The lowest BCUT2D eigenvalue weighted by Gasteiger charge is -2.33. The van der Waals surface area contributed by atoms with Crippen molar-refractivity contribution in [2.75, 3.05) is 26.3 Å². The van der Waals surface area contributed by atoms with E-state index in [1.54, 1.807) is 11.8 Å². The first-order valence-electron chi connectivity index (χ1n) is 11.1. The summed E-state index contributed by atoms with van der Waals surface area (Å²) in [5, 5.41) is 12.2. The largest absolute Gasteiger partial charge is 0.466 e. The molecule has 0 radical (unpaired) electrons. The monoisotopic (exact) mass is 408 g/mol. The summed E-state index contributed by atoms with van der Waals surface area (Å²) < 4.78 is 5.32. The molecule has 5 atom stereocenters. The van der Waals surface area contributed by atoms with Crippen LogP contribution in [-0.2, 0) is 19.1 Å². The molecule has 164 valence electrons. The molecule has 1 saturated heterocycles. The fraction of sp³-hybridized carbons (Fsp3) is 0.773. The molecule has 2 amide bonds. The predicted molar refractivity (Wildman–Crippen MR) is 110 cm³/mol. The quantitative estimate of drug-likeness (QED) is 0.309. The van der Waals surface area contributed by atoms with E-state index < -0.39 is 17.9 Å². The molecule has 1 fully saturated rings. The van der Waals surface area contributed by atoms with Crippen molar-refractivity contribution in [2.24, 2.45) is 23.7 Å². The number of nitrogens with one attached hydrogen (secondary N) is 1. The van der Waals surface area contributed by atoms with Gasteiger partial charge in [0, 0.05) is 25.6 Å². The summed E-state index contributed by atoms with van der Waals surface area (Å²) in [4.78, 5) is 40.7. The van der Waals surface area contributed by atoms with Crippen molar-refractivity contribution in [3.8, 4) is 0 Å². The zero-order valence-electron chi connectivity index (χ0n) is 17.9. The summed E-state index contributed by atoms with van der Waals surface area (Å²) in [6.45, 7) is 6.94. The third kappa shape index (κ3) is 5.18. The first-order chi connectivity index (χ1) is 14.0. The summed E-state index contributed by atoms with van der Waals surface area (Å²) in [5.41, 5.74) is 0. The van der Waals surface area contributed by atoms with Gasteiger partial charge in [0.2, 0.25) is 11.8 Å². The minimum absolute atomic E-state index is 0.0567. The van der Waals surface area contributed by atoms with Crippen LogP contribution in [0.15, 0.2) is 12.2 Å².